The molecule has 2 aromatic carbocycles. The number of esters is 1. The standard InChI is InChI=1S/C20H19N3O6/c1-2-29-20(26)13-3-5-15(6-4-13)21-19(25)14-11-18(24)22(12-14)16-7-9-17(10-8-16)23(27)28/h3-10,14H,2,11-12H2,1H3,(H,21,25)/t14-/m0/s1. The predicted octanol–water partition coefficient (Wildman–Crippen LogP) is 2.76. The predicted molar refractivity (Wildman–Crippen MR) is 105 cm³/mol. The number of nitrogens with one attached hydrogen (secondary N) is 1. The van der Waals surface area contributed by atoms with Gasteiger partial charge in [-0.05, 0) is 43.3 Å². The van der Waals surface area contributed by atoms with Gasteiger partial charge in [-0.15, -0.1) is 0 Å². The maximum Gasteiger partial charge on any atom is 0.338 e. The highest BCUT2D eigenvalue weighted by atomic mass is 16.6. The van der Waals surface area contributed by atoms with Crippen LogP contribution in [0.3, 0.4) is 0 Å². The van der Waals surface area contributed by atoms with Crippen molar-refractivity contribution in [2.24, 2.45) is 5.92 Å². The summed E-state index contributed by atoms with van der Waals surface area (Å²) in [7, 11) is 0. The molecule has 0 aliphatic carbocycles. The molecule has 1 aliphatic rings. The fourth-order valence-electron chi connectivity index (χ4n) is 3.04. The Kier molecular flexibility index (Phi) is 5.87. The topological polar surface area (TPSA) is 119 Å². The van der Waals surface area contributed by atoms with Crippen molar-refractivity contribution in [3.63, 3.8) is 0 Å². The van der Waals surface area contributed by atoms with Crippen LogP contribution in [0, 0.1) is 16.0 Å². The molecule has 1 fully saturated rings. The summed E-state index contributed by atoms with van der Waals surface area (Å²) in [6, 6.07) is 11.9. The van der Waals surface area contributed by atoms with Gasteiger partial charge < -0.3 is 15.0 Å². The number of carbonyl (C=O) groups excluding carboxylic acids is 3. The molecule has 1 saturated heterocycles. The van der Waals surface area contributed by atoms with Crippen LogP contribution in [-0.4, -0.2) is 35.9 Å². The third-order valence-electron chi connectivity index (χ3n) is 4.53. The Morgan fingerprint density at radius 1 is 1.17 bits per heavy atom. The van der Waals surface area contributed by atoms with Gasteiger partial charge in [-0.2, -0.15) is 0 Å². The van der Waals surface area contributed by atoms with E-state index in [0.29, 0.717) is 16.9 Å². The number of rotatable bonds is 6. The van der Waals surface area contributed by atoms with Crippen LogP contribution >= 0.6 is 0 Å². The Morgan fingerprint density at radius 2 is 1.83 bits per heavy atom. The molecule has 0 unspecified atom stereocenters. The number of benzene rings is 2. The SMILES string of the molecule is CCOC(=O)c1ccc(NC(=O)[C@H]2CC(=O)N(c3ccc([N+](=O)[O-])cc3)C2)cc1. The van der Waals surface area contributed by atoms with Gasteiger partial charge in [0.15, 0.2) is 0 Å². The fraction of sp³-hybridized carbons (Fsp3) is 0.250. The second-order valence-corrected chi connectivity index (χ2v) is 6.47. The molecule has 1 atom stereocenters. The quantitative estimate of drug-likeness (QED) is 0.455. The van der Waals surface area contributed by atoms with Crippen LogP contribution < -0.4 is 10.2 Å². The van der Waals surface area contributed by atoms with E-state index in [9.17, 15) is 24.5 Å². The molecule has 0 spiro atoms. The Morgan fingerprint density at radius 3 is 2.41 bits per heavy atom. The summed E-state index contributed by atoms with van der Waals surface area (Å²) in [5, 5.41) is 13.5. The summed E-state index contributed by atoms with van der Waals surface area (Å²) in [5.41, 5.74) is 1.32. The first-order valence-electron chi connectivity index (χ1n) is 9.02. The first-order chi connectivity index (χ1) is 13.9. The number of ether oxygens (including phenoxy) is 1. The van der Waals surface area contributed by atoms with E-state index in [-0.39, 0.29) is 37.1 Å². The Labute approximate surface area is 166 Å². The summed E-state index contributed by atoms with van der Waals surface area (Å²) in [6.45, 7) is 2.18. The maximum atomic E-state index is 12.5. The number of carbonyl (C=O) groups is 3. The zero-order chi connectivity index (χ0) is 21.0. The lowest BCUT2D eigenvalue weighted by atomic mass is 10.1. The van der Waals surface area contributed by atoms with Gasteiger partial charge in [0.2, 0.25) is 11.8 Å². The van der Waals surface area contributed by atoms with Crippen LogP contribution in [0.1, 0.15) is 23.7 Å². The lowest BCUT2D eigenvalue weighted by Crippen LogP contribution is -2.28. The van der Waals surface area contributed by atoms with Crippen LogP contribution in [-0.2, 0) is 14.3 Å². The summed E-state index contributed by atoms with van der Waals surface area (Å²) in [6.07, 6.45) is 0.0454. The number of nitro benzene ring substituents is 1. The monoisotopic (exact) mass is 397 g/mol. The van der Waals surface area contributed by atoms with Gasteiger partial charge in [0.05, 0.1) is 23.0 Å². The Hall–Kier alpha value is -3.75. The summed E-state index contributed by atoms with van der Waals surface area (Å²) < 4.78 is 4.91. The van der Waals surface area contributed by atoms with Crippen molar-refractivity contribution >= 4 is 34.8 Å². The highest BCUT2D eigenvalue weighted by molar-refractivity contribution is 6.03. The molecule has 1 N–H and O–H groups in total. The number of hydrogen-bond acceptors (Lipinski definition) is 6. The molecule has 2 amide bonds. The van der Waals surface area contributed by atoms with Crippen LogP contribution in [0.2, 0.25) is 0 Å². The minimum Gasteiger partial charge on any atom is -0.462 e. The first-order valence-corrected chi connectivity index (χ1v) is 9.02. The van der Waals surface area contributed by atoms with Crippen molar-refractivity contribution in [3.05, 3.63) is 64.2 Å². The summed E-state index contributed by atoms with van der Waals surface area (Å²) >= 11 is 0. The third-order valence-corrected chi connectivity index (χ3v) is 4.53. The molecule has 0 aromatic heterocycles. The fourth-order valence-corrected chi connectivity index (χ4v) is 3.04. The second kappa shape index (κ2) is 8.51. The molecular weight excluding hydrogens is 378 g/mol. The molecule has 3 rings (SSSR count). The van der Waals surface area contributed by atoms with Gasteiger partial charge in [0.25, 0.3) is 5.69 Å². The van der Waals surface area contributed by atoms with E-state index in [2.05, 4.69) is 5.32 Å². The van der Waals surface area contributed by atoms with E-state index in [1.54, 1.807) is 31.2 Å². The highest BCUT2D eigenvalue weighted by Gasteiger charge is 2.35. The normalized spacial score (nSPS) is 15.8. The molecule has 0 saturated carbocycles. The van der Waals surface area contributed by atoms with E-state index in [1.807, 2.05) is 0 Å². The number of anilines is 2. The molecule has 1 heterocycles. The van der Waals surface area contributed by atoms with Crippen molar-refractivity contribution in [2.75, 3.05) is 23.4 Å². The van der Waals surface area contributed by atoms with Crippen molar-refractivity contribution < 1.29 is 24.0 Å². The van der Waals surface area contributed by atoms with E-state index < -0.39 is 16.8 Å². The van der Waals surface area contributed by atoms with Crippen molar-refractivity contribution in [2.45, 2.75) is 13.3 Å². The van der Waals surface area contributed by atoms with E-state index in [4.69, 9.17) is 4.74 Å². The molecule has 150 valence electrons. The average Bonchev–Trinajstić information content (AvgIpc) is 3.10. The van der Waals surface area contributed by atoms with Gasteiger partial charge in [-0.25, -0.2) is 4.79 Å². The second-order valence-electron chi connectivity index (χ2n) is 6.47. The highest BCUT2D eigenvalue weighted by Crippen LogP contribution is 2.27. The minimum atomic E-state index is -0.553. The number of nitro groups is 1. The van der Waals surface area contributed by atoms with Gasteiger partial charge in [0, 0.05) is 36.5 Å². The van der Waals surface area contributed by atoms with Crippen LogP contribution in [0.5, 0.6) is 0 Å². The van der Waals surface area contributed by atoms with Crippen molar-refractivity contribution in [3.8, 4) is 0 Å². The van der Waals surface area contributed by atoms with Crippen LogP contribution in [0.15, 0.2) is 48.5 Å². The van der Waals surface area contributed by atoms with Crippen LogP contribution in [0.25, 0.3) is 0 Å². The Balaban J connectivity index is 1.63. The Bertz CT molecular complexity index is 940. The lowest BCUT2D eigenvalue weighted by Gasteiger charge is -2.16. The molecule has 0 bridgehead atoms. The molecular formula is C20H19N3O6. The summed E-state index contributed by atoms with van der Waals surface area (Å²) in [5.74, 6) is -1.53. The van der Waals surface area contributed by atoms with Gasteiger partial charge >= 0.3 is 5.97 Å². The molecule has 0 radical (unpaired) electrons. The molecule has 29 heavy (non-hydrogen) atoms. The van der Waals surface area contributed by atoms with E-state index in [0.717, 1.165) is 0 Å². The van der Waals surface area contributed by atoms with Gasteiger partial charge in [0.1, 0.15) is 0 Å². The summed E-state index contributed by atoms with van der Waals surface area (Å²) in [4.78, 5) is 48.2. The molecule has 9 nitrogen and oxygen atoms in total. The molecule has 2 aromatic rings. The van der Waals surface area contributed by atoms with E-state index in [1.165, 1.54) is 29.2 Å². The largest absolute Gasteiger partial charge is 0.462 e. The third kappa shape index (κ3) is 4.57. The maximum absolute atomic E-state index is 12.5. The van der Waals surface area contributed by atoms with Crippen LogP contribution in [0.4, 0.5) is 17.1 Å². The minimum absolute atomic E-state index is 0.0454. The first kappa shape index (κ1) is 20.0. The zero-order valence-electron chi connectivity index (χ0n) is 15.7. The van der Waals surface area contributed by atoms with E-state index >= 15 is 0 Å². The number of hydrogen-bond donors (Lipinski definition) is 1. The molecule has 1 aliphatic heterocycles. The number of nitrogens with zero attached hydrogens (tertiary/aromatic N) is 2. The lowest BCUT2D eigenvalue weighted by molar-refractivity contribution is -0.384. The van der Waals surface area contributed by atoms with Gasteiger partial charge in [-0.3, -0.25) is 19.7 Å². The molecule has 9 heteroatoms. The van der Waals surface area contributed by atoms with Gasteiger partial charge in [-0.1, -0.05) is 0 Å². The zero-order valence-corrected chi connectivity index (χ0v) is 15.7. The number of amides is 2. The van der Waals surface area contributed by atoms with Crippen molar-refractivity contribution in [1.82, 2.24) is 0 Å². The smallest absolute Gasteiger partial charge is 0.338 e. The average molecular weight is 397 g/mol. The number of non-ortho nitro benzene ring substituents is 1. The van der Waals surface area contributed by atoms with Crippen molar-refractivity contribution in [1.29, 1.82) is 0 Å².